The van der Waals surface area contributed by atoms with Gasteiger partial charge in [0.05, 0.1) is 16.5 Å². The van der Waals surface area contributed by atoms with Crippen molar-refractivity contribution in [2.75, 3.05) is 4.90 Å². The molecule has 0 bridgehead atoms. The molecule has 0 spiro atoms. The fourth-order valence-corrected chi connectivity index (χ4v) is 3.66. The van der Waals surface area contributed by atoms with Crippen molar-refractivity contribution in [3.8, 4) is 0 Å². The lowest BCUT2D eigenvalue weighted by molar-refractivity contribution is -0.384. The lowest BCUT2D eigenvalue weighted by Gasteiger charge is -2.25. The minimum absolute atomic E-state index is 0.156. The van der Waals surface area contributed by atoms with E-state index in [0.717, 1.165) is 22.6 Å². The first-order valence-corrected chi connectivity index (χ1v) is 9.66. The molecule has 0 radical (unpaired) electrons. The van der Waals surface area contributed by atoms with Crippen molar-refractivity contribution in [3.63, 3.8) is 0 Å². The number of nitrogens with zero attached hydrogens (tertiary/aromatic N) is 2. The Morgan fingerprint density at radius 3 is 2.12 bits per heavy atom. The first kappa shape index (κ1) is 20.9. The van der Waals surface area contributed by atoms with Gasteiger partial charge in [-0.3, -0.25) is 24.6 Å². The van der Waals surface area contributed by atoms with E-state index in [-0.39, 0.29) is 22.7 Å². The molecule has 1 fully saturated rings. The average Bonchev–Trinajstić information content (AvgIpc) is 3.05. The van der Waals surface area contributed by atoms with Gasteiger partial charge in [0.15, 0.2) is 0 Å². The highest BCUT2D eigenvalue weighted by atomic mass is 19.1. The second kappa shape index (κ2) is 8.07. The highest BCUT2D eigenvalue weighted by Gasteiger charge is 2.47. The van der Waals surface area contributed by atoms with Gasteiger partial charge < -0.3 is 5.11 Å². The number of hydrogen-bond acceptors (Lipinski definition) is 5. The maximum atomic E-state index is 13.5. The molecule has 1 saturated heterocycles. The number of anilines is 1. The number of rotatable bonds is 4. The van der Waals surface area contributed by atoms with Crippen molar-refractivity contribution in [2.45, 2.75) is 13.0 Å². The van der Waals surface area contributed by atoms with Gasteiger partial charge in [-0.05, 0) is 48.9 Å². The predicted molar refractivity (Wildman–Crippen MR) is 115 cm³/mol. The number of nitro groups is 1. The van der Waals surface area contributed by atoms with Gasteiger partial charge in [-0.25, -0.2) is 4.39 Å². The van der Waals surface area contributed by atoms with Crippen LogP contribution in [0.2, 0.25) is 0 Å². The third-order valence-corrected chi connectivity index (χ3v) is 5.29. The van der Waals surface area contributed by atoms with Crippen molar-refractivity contribution in [3.05, 3.63) is 111 Å². The number of hydrogen-bond donors (Lipinski definition) is 1. The molecule has 8 heteroatoms. The fourth-order valence-electron chi connectivity index (χ4n) is 3.66. The standard InChI is InChI=1S/C24H17FN2O5/c1-14-2-4-16(5-3-14)22(28)20-21(15-6-10-19(11-7-15)27(31)32)26(24(30)23(20)29)18-12-8-17(25)9-13-18/h2-13,21,28H,1H3/t21-/m0/s1. The Hall–Kier alpha value is -4.33. The van der Waals surface area contributed by atoms with Gasteiger partial charge in [0.25, 0.3) is 17.4 Å². The average molecular weight is 432 g/mol. The van der Waals surface area contributed by atoms with E-state index in [2.05, 4.69) is 0 Å². The summed E-state index contributed by atoms with van der Waals surface area (Å²) in [7, 11) is 0. The van der Waals surface area contributed by atoms with Gasteiger partial charge in [-0.2, -0.15) is 0 Å². The number of nitro benzene ring substituents is 1. The van der Waals surface area contributed by atoms with Crippen LogP contribution in [0.5, 0.6) is 0 Å². The van der Waals surface area contributed by atoms with Crippen molar-refractivity contribution < 1.29 is 24.0 Å². The Labute approximate surface area is 182 Å². The topological polar surface area (TPSA) is 101 Å². The molecule has 4 rings (SSSR count). The van der Waals surface area contributed by atoms with Crippen LogP contribution in [0.4, 0.5) is 15.8 Å². The smallest absolute Gasteiger partial charge is 0.300 e. The lowest BCUT2D eigenvalue weighted by Crippen LogP contribution is -2.29. The summed E-state index contributed by atoms with van der Waals surface area (Å²) in [5, 5.41) is 22.0. The Balaban J connectivity index is 1.92. The van der Waals surface area contributed by atoms with Crippen LogP contribution < -0.4 is 4.90 Å². The number of ketones is 1. The molecule has 160 valence electrons. The molecule has 7 nitrogen and oxygen atoms in total. The first-order chi connectivity index (χ1) is 15.3. The van der Waals surface area contributed by atoms with Crippen molar-refractivity contribution >= 4 is 28.8 Å². The second-order valence-electron chi connectivity index (χ2n) is 7.36. The maximum absolute atomic E-state index is 13.5. The fraction of sp³-hybridized carbons (Fsp3) is 0.0833. The summed E-state index contributed by atoms with van der Waals surface area (Å²) in [6.45, 7) is 1.87. The van der Waals surface area contributed by atoms with Crippen molar-refractivity contribution in [1.29, 1.82) is 0 Å². The largest absolute Gasteiger partial charge is 0.507 e. The molecule has 1 atom stereocenters. The van der Waals surface area contributed by atoms with Gasteiger partial charge in [-0.1, -0.05) is 29.8 Å². The molecule has 1 aliphatic heterocycles. The molecule has 32 heavy (non-hydrogen) atoms. The molecule has 3 aromatic carbocycles. The van der Waals surface area contributed by atoms with Crippen LogP contribution in [0.15, 0.2) is 78.4 Å². The summed E-state index contributed by atoms with van der Waals surface area (Å²) >= 11 is 0. The van der Waals surface area contributed by atoms with Crippen LogP contribution in [0.25, 0.3) is 5.76 Å². The van der Waals surface area contributed by atoms with Crippen LogP contribution in [-0.4, -0.2) is 21.7 Å². The van der Waals surface area contributed by atoms with Crippen LogP contribution in [0.3, 0.4) is 0 Å². The number of carbonyl (C=O) groups excluding carboxylic acids is 2. The summed E-state index contributed by atoms with van der Waals surface area (Å²) < 4.78 is 13.5. The molecular weight excluding hydrogens is 415 g/mol. The molecular formula is C24H17FN2O5. The zero-order chi connectivity index (χ0) is 23.0. The Morgan fingerprint density at radius 2 is 1.56 bits per heavy atom. The van der Waals surface area contributed by atoms with E-state index in [4.69, 9.17) is 0 Å². The molecule has 3 aromatic rings. The summed E-state index contributed by atoms with van der Waals surface area (Å²) in [4.78, 5) is 37.6. The number of benzene rings is 3. The first-order valence-electron chi connectivity index (χ1n) is 9.66. The minimum Gasteiger partial charge on any atom is -0.507 e. The molecule has 1 aliphatic rings. The van der Waals surface area contributed by atoms with Gasteiger partial charge in [-0.15, -0.1) is 0 Å². The monoisotopic (exact) mass is 432 g/mol. The van der Waals surface area contributed by atoms with Gasteiger partial charge >= 0.3 is 0 Å². The number of halogens is 1. The third kappa shape index (κ3) is 3.62. The second-order valence-corrected chi connectivity index (χ2v) is 7.36. The van der Waals surface area contributed by atoms with Crippen LogP contribution >= 0.6 is 0 Å². The quantitative estimate of drug-likeness (QED) is 0.212. The maximum Gasteiger partial charge on any atom is 0.300 e. The number of carbonyl (C=O) groups is 2. The zero-order valence-electron chi connectivity index (χ0n) is 16.9. The van der Waals surface area contributed by atoms with Crippen molar-refractivity contribution in [1.82, 2.24) is 0 Å². The zero-order valence-corrected chi connectivity index (χ0v) is 16.9. The number of aliphatic hydroxyl groups is 1. The van der Waals surface area contributed by atoms with E-state index in [1.807, 2.05) is 6.92 Å². The SMILES string of the molecule is Cc1ccc(C(O)=C2C(=O)C(=O)N(c3ccc(F)cc3)[C@H]2c2ccc([N+](=O)[O-])cc2)cc1. The summed E-state index contributed by atoms with van der Waals surface area (Å²) in [6, 6.07) is 16.1. The van der Waals surface area contributed by atoms with Gasteiger partial charge in [0.1, 0.15) is 11.6 Å². The highest BCUT2D eigenvalue weighted by Crippen LogP contribution is 2.42. The van der Waals surface area contributed by atoms with E-state index < -0.39 is 28.5 Å². The van der Waals surface area contributed by atoms with E-state index >= 15 is 0 Å². The summed E-state index contributed by atoms with van der Waals surface area (Å²) in [5.74, 6) is -2.68. The number of aliphatic hydroxyl groups excluding tert-OH is 1. The number of aryl methyl sites for hydroxylation is 1. The Kier molecular flexibility index (Phi) is 5.28. The molecule has 0 aliphatic carbocycles. The molecule has 0 unspecified atom stereocenters. The number of amides is 1. The number of Topliss-reactive ketones (excluding diaryl/α,β-unsaturated/α-hetero) is 1. The Morgan fingerprint density at radius 1 is 0.969 bits per heavy atom. The molecule has 0 aromatic heterocycles. The molecule has 1 heterocycles. The van der Waals surface area contributed by atoms with Crippen molar-refractivity contribution in [2.24, 2.45) is 0 Å². The Bertz CT molecular complexity index is 1250. The normalized spacial score (nSPS) is 17.6. The molecule has 1 N–H and O–H groups in total. The third-order valence-electron chi connectivity index (χ3n) is 5.29. The molecule has 0 saturated carbocycles. The van der Waals surface area contributed by atoms with E-state index in [1.165, 1.54) is 36.4 Å². The van der Waals surface area contributed by atoms with Gasteiger partial charge in [0, 0.05) is 23.4 Å². The van der Waals surface area contributed by atoms with E-state index in [9.17, 15) is 29.2 Å². The highest BCUT2D eigenvalue weighted by molar-refractivity contribution is 6.51. The van der Waals surface area contributed by atoms with Crippen LogP contribution in [0.1, 0.15) is 22.7 Å². The molecule has 1 amide bonds. The summed E-state index contributed by atoms with van der Waals surface area (Å²) in [6.07, 6.45) is 0. The predicted octanol–water partition coefficient (Wildman–Crippen LogP) is 4.67. The van der Waals surface area contributed by atoms with E-state index in [0.29, 0.717) is 11.1 Å². The van der Waals surface area contributed by atoms with Crippen LogP contribution in [-0.2, 0) is 9.59 Å². The minimum atomic E-state index is -1.05. The van der Waals surface area contributed by atoms with E-state index in [1.54, 1.807) is 24.3 Å². The van der Waals surface area contributed by atoms with Gasteiger partial charge in [0.2, 0.25) is 0 Å². The lowest BCUT2D eigenvalue weighted by atomic mass is 9.94. The van der Waals surface area contributed by atoms with Crippen LogP contribution in [0, 0.1) is 22.9 Å². The summed E-state index contributed by atoms with van der Waals surface area (Å²) in [5.41, 5.74) is 1.61. The number of non-ortho nitro benzene ring substituents is 1.